The van der Waals surface area contributed by atoms with Crippen molar-refractivity contribution >= 4 is 21.8 Å². The molecule has 1 amide bonds. The van der Waals surface area contributed by atoms with Crippen LogP contribution in [0.4, 0.5) is 0 Å². The molecule has 1 aromatic rings. The number of hydrogen-bond acceptors (Lipinski definition) is 4. The largest absolute Gasteiger partial charge is 0.490 e. The number of nitrogens with one attached hydrogen (secondary N) is 2. The first-order valence-corrected chi connectivity index (χ1v) is 8.10. The van der Waals surface area contributed by atoms with Gasteiger partial charge < -0.3 is 20.1 Å². The molecule has 2 N–H and O–H groups in total. The molecule has 2 heterocycles. The molecule has 2 aliphatic rings. The van der Waals surface area contributed by atoms with Crippen molar-refractivity contribution in [3.8, 4) is 11.5 Å². The Bertz CT molecular complexity index is 526. The first kappa shape index (κ1) is 14.7. The molecule has 2 aliphatic heterocycles. The predicted octanol–water partition coefficient (Wildman–Crippen LogP) is 1.98. The molecule has 1 atom stereocenters. The van der Waals surface area contributed by atoms with Crippen molar-refractivity contribution in [3.63, 3.8) is 0 Å². The summed E-state index contributed by atoms with van der Waals surface area (Å²) >= 11 is 3.55. The third-order valence-corrected chi connectivity index (χ3v) is 4.31. The quantitative estimate of drug-likeness (QED) is 0.871. The van der Waals surface area contributed by atoms with E-state index in [0.29, 0.717) is 32.2 Å². The first-order chi connectivity index (χ1) is 10.2. The number of rotatable bonds is 3. The zero-order chi connectivity index (χ0) is 14.7. The Kier molecular flexibility index (Phi) is 4.65. The van der Waals surface area contributed by atoms with Crippen molar-refractivity contribution in [2.75, 3.05) is 19.8 Å². The second kappa shape index (κ2) is 6.66. The number of amides is 1. The van der Waals surface area contributed by atoms with Gasteiger partial charge in [0.1, 0.15) is 0 Å². The molecule has 6 heteroatoms. The van der Waals surface area contributed by atoms with E-state index in [0.717, 1.165) is 40.9 Å². The zero-order valence-corrected chi connectivity index (χ0v) is 13.4. The molecule has 1 unspecified atom stereocenters. The van der Waals surface area contributed by atoms with Crippen LogP contribution in [-0.2, 0) is 11.3 Å². The summed E-state index contributed by atoms with van der Waals surface area (Å²) in [5.41, 5.74) is 1.14. The summed E-state index contributed by atoms with van der Waals surface area (Å²) in [6, 6.07) is 4.42. The lowest BCUT2D eigenvalue weighted by Gasteiger charge is -2.23. The molecule has 1 saturated heterocycles. The van der Waals surface area contributed by atoms with Gasteiger partial charge in [0.2, 0.25) is 5.91 Å². The van der Waals surface area contributed by atoms with Crippen LogP contribution in [0, 0.1) is 0 Å². The lowest BCUT2D eigenvalue weighted by Crippen LogP contribution is -2.45. The topological polar surface area (TPSA) is 59.6 Å². The average Bonchev–Trinajstić information content (AvgIpc) is 2.72. The number of carbonyl (C=O) groups is 1. The molecular weight excluding hydrogens is 336 g/mol. The number of piperidine rings is 1. The van der Waals surface area contributed by atoms with E-state index in [1.165, 1.54) is 0 Å². The molecule has 0 radical (unpaired) electrons. The Morgan fingerprint density at radius 2 is 2.19 bits per heavy atom. The van der Waals surface area contributed by atoms with Crippen molar-refractivity contribution in [2.45, 2.75) is 31.8 Å². The molecule has 21 heavy (non-hydrogen) atoms. The minimum Gasteiger partial charge on any atom is -0.490 e. The molecule has 0 aromatic heterocycles. The number of fused-ring (bicyclic) bond motifs is 1. The average molecular weight is 355 g/mol. The van der Waals surface area contributed by atoms with E-state index in [2.05, 4.69) is 32.6 Å². The number of ether oxygens (including phenoxy) is 2. The van der Waals surface area contributed by atoms with Gasteiger partial charge >= 0.3 is 0 Å². The van der Waals surface area contributed by atoms with Crippen LogP contribution < -0.4 is 20.1 Å². The van der Waals surface area contributed by atoms with Gasteiger partial charge in [-0.05, 0) is 40.0 Å². The highest BCUT2D eigenvalue weighted by Crippen LogP contribution is 2.38. The van der Waals surface area contributed by atoms with Crippen LogP contribution in [-0.4, -0.2) is 31.7 Å². The SMILES string of the molecule is O=C1CCC(NCc2cc(Br)c3c(c2)OCCCO3)CN1. The zero-order valence-electron chi connectivity index (χ0n) is 11.8. The van der Waals surface area contributed by atoms with Gasteiger partial charge in [0.25, 0.3) is 0 Å². The van der Waals surface area contributed by atoms with Crippen LogP contribution in [0.5, 0.6) is 11.5 Å². The highest BCUT2D eigenvalue weighted by Gasteiger charge is 2.19. The molecule has 1 fully saturated rings. The van der Waals surface area contributed by atoms with Crippen LogP contribution in [0.15, 0.2) is 16.6 Å². The van der Waals surface area contributed by atoms with Gasteiger partial charge in [-0.1, -0.05) is 0 Å². The van der Waals surface area contributed by atoms with Gasteiger partial charge in [-0.3, -0.25) is 4.79 Å². The minimum absolute atomic E-state index is 0.145. The van der Waals surface area contributed by atoms with Gasteiger partial charge in [-0.25, -0.2) is 0 Å². The van der Waals surface area contributed by atoms with Crippen LogP contribution in [0.25, 0.3) is 0 Å². The fraction of sp³-hybridized carbons (Fsp3) is 0.533. The van der Waals surface area contributed by atoms with E-state index < -0.39 is 0 Å². The standard InChI is InChI=1S/C15H19BrN2O3/c16-12-6-10(7-13-15(12)21-5-1-4-20-13)8-17-11-2-3-14(19)18-9-11/h6-7,11,17H,1-5,8-9H2,(H,18,19). The van der Waals surface area contributed by atoms with Gasteiger partial charge in [0.15, 0.2) is 11.5 Å². The Balaban J connectivity index is 1.64. The maximum Gasteiger partial charge on any atom is 0.220 e. The summed E-state index contributed by atoms with van der Waals surface area (Å²) in [5, 5.41) is 6.36. The van der Waals surface area contributed by atoms with Crippen molar-refractivity contribution in [1.82, 2.24) is 10.6 Å². The van der Waals surface area contributed by atoms with Crippen molar-refractivity contribution < 1.29 is 14.3 Å². The second-order valence-corrected chi connectivity index (χ2v) is 6.23. The monoisotopic (exact) mass is 354 g/mol. The summed E-state index contributed by atoms with van der Waals surface area (Å²) in [6.07, 6.45) is 2.39. The normalized spacial score (nSPS) is 21.6. The predicted molar refractivity (Wildman–Crippen MR) is 82.6 cm³/mol. The maximum absolute atomic E-state index is 11.1. The summed E-state index contributed by atoms with van der Waals surface area (Å²) in [7, 11) is 0. The Morgan fingerprint density at radius 1 is 1.33 bits per heavy atom. The second-order valence-electron chi connectivity index (χ2n) is 5.38. The van der Waals surface area contributed by atoms with Crippen LogP contribution >= 0.6 is 15.9 Å². The lowest BCUT2D eigenvalue weighted by atomic mass is 10.1. The van der Waals surface area contributed by atoms with Gasteiger partial charge in [0, 0.05) is 32.0 Å². The van der Waals surface area contributed by atoms with E-state index in [-0.39, 0.29) is 5.91 Å². The molecule has 0 bridgehead atoms. The van der Waals surface area contributed by atoms with Gasteiger partial charge in [-0.15, -0.1) is 0 Å². The first-order valence-electron chi connectivity index (χ1n) is 7.30. The van der Waals surface area contributed by atoms with Crippen molar-refractivity contribution in [2.24, 2.45) is 0 Å². The molecule has 0 spiro atoms. The molecule has 114 valence electrons. The number of benzene rings is 1. The highest BCUT2D eigenvalue weighted by atomic mass is 79.9. The van der Waals surface area contributed by atoms with Crippen LogP contribution in [0.3, 0.4) is 0 Å². The third-order valence-electron chi connectivity index (χ3n) is 3.72. The summed E-state index contributed by atoms with van der Waals surface area (Å²) < 4.78 is 12.4. The highest BCUT2D eigenvalue weighted by molar-refractivity contribution is 9.10. The Labute approximate surface area is 132 Å². The van der Waals surface area contributed by atoms with Gasteiger partial charge in [-0.2, -0.15) is 0 Å². The molecule has 0 saturated carbocycles. The summed E-state index contributed by atoms with van der Waals surface area (Å²) in [5.74, 6) is 1.74. The van der Waals surface area contributed by atoms with Gasteiger partial charge in [0.05, 0.1) is 17.7 Å². The van der Waals surface area contributed by atoms with Crippen molar-refractivity contribution in [1.29, 1.82) is 0 Å². The smallest absolute Gasteiger partial charge is 0.220 e. The van der Waals surface area contributed by atoms with Crippen molar-refractivity contribution in [3.05, 3.63) is 22.2 Å². The molecular formula is C15H19BrN2O3. The minimum atomic E-state index is 0.145. The number of halogens is 1. The fourth-order valence-corrected chi connectivity index (χ4v) is 3.16. The number of carbonyl (C=O) groups excluding carboxylic acids is 1. The lowest BCUT2D eigenvalue weighted by molar-refractivity contribution is -0.122. The third kappa shape index (κ3) is 3.68. The van der Waals surface area contributed by atoms with Crippen LogP contribution in [0.2, 0.25) is 0 Å². The number of hydrogen-bond donors (Lipinski definition) is 2. The fourth-order valence-electron chi connectivity index (χ4n) is 2.56. The van der Waals surface area contributed by atoms with Crippen LogP contribution in [0.1, 0.15) is 24.8 Å². The maximum atomic E-state index is 11.1. The van der Waals surface area contributed by atoms with E-state index in [1.54, 1.807) is 0 Å². The molecule has 5 nitrogen and oxygen atoms in total. The van der Waals surface area contributed by atoms with E-state index in [9.17, 15) is 4.79 Å². The van der Waals surface area contributed by atoms with E-state index in [1.807, 2.05) is 6.07 Å². The van der Waals surface area contributed by atoms with E-state index in [4.69, 9.17) is 9.47 Å². The Morgan fingerprint density at radius 3 is 3.00 bits per heavy atom. The molecule has 0 aliphatic carbocycles. The molecule has 3 rings (SSSR count). The molecule has 1 aromatic carbocycles. The Hall–Kier alpha value is -1.27. The van der Waals surface area contributed by atoms with E-state index >= 15 is 0 Å². The summed E-state index contributed by atoms with van der Waals surface area (Å²) in [4.78, 5) is 11.1. The summed E-state index contributed by atoms with van der Waals surface area (Å²) in [6.45, 7) is 2.82.